The molecule has 0 unspecified atom stereocenters. The number of carbonyl (C=O) groups excluding carboxylic acids is 1. The number of carbonyl (C=O) groups is 1. The van der Waals surface area contributed by atoms with Gasteiger partial charge in [0.25, 0.3) is 5.91 Å². The highest BCUT2D eigenvalue weighted by molar-refractivity contribution is 6.02. The number of nitrogens with zero attached hydrogens (tertiary/aromatic N) is 2. The van der Waals surface area contributed by atoms with Crippen molar-refractivity contribution < 1.29 is 9.18 Å². The van der Waals surface area contributed by atoms with Crippen molar-refractivity contribution in [3.63, 3.8) is 0 Å². The predicted molar refractivity (Wildman–Crippen MR) is 108 cm³/mol. The number of hydrogen-bond acceptors (Lipinski definition) is 5. The zero-order valence-corrected chi connectivity index (χ0v) is 16.2. The number of aromatic nitrogens is 1. The number of anilines is 2. The topological polar surface area (TPSA) is 106 Å². The molecule has 0 spiro atoms. The Morgan fingerprint density at radius 1 is 1.29 bits per heavy atom. The molecule has 1 saturated heterocycles. The van der Waals surface area contributed by atoms with Gasteiger partial charge in [-0.25, -0.2) is 4.39 Å². The Morgan fingerprint density at radius 2 is 1.96 bits per heavy atom. The number of fused-ring (bicyclic) bond motifs is 3. The summed E-state index contributed by atoms with van der Waals surface area (Å²) in [5.74, 6) is -1.44. The standard InChI is InChI=1S/C20H26FN5O2/c1-10-3-4-13-16(20(23)28)19(27)15-14(26(10)13)9-12(17(21)18(15)22)24-11-5-7-25(2)8-6-11/h9-11,24H,3-8,22H2,1-2H3,(H2,23,28)/t10-/m1/s1. The van der Waals surface area contributed by atoms with Gasteiger partial charge in [0.2, 0.25) is 5.43 Å². The highest BCUT2D eigenvalue weighted by Gasteiger charge is 2.30. The number of nitrogen functional groups attached to an aromatic ring is 1. The first-order valence-electron chi connectivity index (χ1n) is 9.73. The van der Waals surface area contributed by atoms with Crippen LogP contribution in [0.5, 0.6) is 0 Å². The molecular weight excluding hydrogens is 361 g/mol. The first-order chi connectivity index (χ1) is 13.3. The number of nitrogens with one attached hydrogen (secondary N) is 1. The number of piperidine rings is 1. The summed E-state index contributed by atoms with van der Waals surface area (Å²) in [6, 6.07) is 1.88. The summed E-state index contributed by atoms with van der Waals surface area (Å²) in [7, 11) is 2.07. The molecule has 28 heavy (non-hydrogen) atoms. The number of likely N-dealkylation sites (tertiary alicyclic amines) is 1. The van der Waals surface area contributed by atoms with E-state index in [9.17, 15) is 9.59 Å². The van der Waals surface area contributed by atoms with E-state index in [-0.39, 0.29) is 28.7 Å². The minimum Gasteiger partial charge on any atom is -0.396 e. The number of hydrogen-bond donors (Lipinski definition) is 3. The minimum absolute atomic E-state index is 0.0396. The quantitative estimate of drug-likeness (QED) is 0.697. The van der Waals surface area contributed by atoms with E-state index < -0.39 is 17.2 Å². The summed E-state index contributed by atoms with van der Waals surface area (Å²) in [4.78, 5) is 27.1. The van der Waals surface area contributed by atoms with E-state index >= 15 is 4.39 Å². The lowest BCUT2D eigenvalue weighted by atomic mass is 10.0. The van der Waals surface area contributed by atoms with E-state index in [1.807, 2.05) is 11.5 Å². The minimum atomic E-state index is -0.793. The predicted octanol–water partition coefficient (Wildman–Crippen LogP) is 1.83. The SMILES string of the molecule is C[C@@H]1CCc2c(C(N)=O)c(=O)c3c(N)c(F)c(NC4CCN(C)CC4)cc3n21. The molecule has 0 radical (unpaired) electrons. The Hall–Kier alpha value is -2.61. The zero-order chi connectivity index (χ0) is 20.2. The first-order valence-corrected chi connectivity index (χ1v) is 9.73. The molecule has 0 bridgehead atoms. The van der Waals surface area contributed by atoms with Gasteiger partial charge in [-0.15, -0.1) is 0 Å². The van der Waals surface area contributed by atoms with Gasteiger partial charge in [-0.3, -0.25) is 9.59 Å². The van der Waals surface area contributed by atoms with Crippen LogP contribution in [0.15, 0.2) is 10.9 Å². The Kier molecular flexibility index (Phi) is 4.53. The summed E-state index contributed by atoms with van der Waals surface area (Å²) in [6.45, 7) is 3.89. The molecule has 0 saturated carbocycles. The fourth-order valence-electron chi connectivity index (χ4n) is 4.57. The molecule has 8 heteroatoms. The average molecular weight is 387 g/mol. The van der Waals surface area contributed by atoms with Crippen molar-refractivity contribution in [3.05, 3.63) is 33.4 Å². The lowest BCUT2D eigenvalue weighted by molar-refractivity contribution is 0.0998. The van der Waals surface area contributed by atoms with Crippen LogP contribution in [0, 0.1) is 5.82 Å². The maximum atomic E-state index is 15.1. The third-order valence-electron chi connectivity index (χ3n) is 6.14. The second kappa shape index (κ2) is 6.77. The summed E-state index contributed by atoms with van der Waals surface area (Å²) < 4.78 is 17.0. The molecule has 1 amide bonds. The van der Waals surface area contributed by atoms with Crippen LogP contribution in [-0.4, -0.2) is 41.6 Å². The normalized spacial score (nSPS) is 20.5. The fourth-order valence-corrected chi connectivity index (χ4v) is 4.57. The maximum Gasteiger partial charge on any atom is 0.254 e. The van der Waals surface area contributed by atoms with Crippen LogP contribution in [-0.2, 0) is 6.42 Å². The van der Waals surface area contributed by atoms with Gasteiger partial charge in [-0.1, -0.05) is 0 Å². The van der Waals surface area contributed by atoms with Gasteiger partial charge in [0.15, 0.2) is 5.82 Å². The number of benzene rings is 1. The lowest BCUT2D eigenvalue weighted by Gasteiger charge is -2.30. The van der Waals surface area contributed by atoms with Gasteiger partial charge in [-0.2, -0.15) is 0 Å². The molecule has 2 aliphatic heterocycles. The van der Waals surface area contributed by atoms with Crippen molar-refractivity contribution in [3.8, 4) is 0 Å². The van der Waals surface area contributed by atoms with Crippen LogP contribution in [0.3, 0.4) is 0 Å². The van der Waals surface area contributed by atoms with Crippen LogP contribution in [0.4, 0.5) is 15.8 Å². The molecule has 2 aliphatic rings. The molecule has 1 fully saturated rings. The van der Waals surface area contributed by atoms with E-state index in [0.717, 1.165) is 32.4 Å². The van der Waals surface area contributed by atoms with Crippen LogP contribution in [0.1, 0.15) is 48.3 Å². The molecule has 5 N–H and O–H groups in total. The molecule has 150 valence electrons. The van der Waals surface area contributed by atoms with Crippen LogP contribution >= 0.6 is 0 Å². The first kappa shape index (κ1) is 18.7. The smallest absolute Gasteiger partial charge is 0.254 e. The molecule has 0 aliphatic carbocycles. The van der Waals surface area contributed by atoms with E-state index in [4.69, 9.17) is 11.5 Å². The third kappa shape index (κ3) is 2.83. The van der Waals surface area contributed by atoms with E-state index in [1.54, 1.807) is 6.07 Å². The van der Waals surface area contributed by atoms with Gasteiger partial charge in [-0.05, 0) is 58.8 Å². The van der Waals surface area contributed by atoms with E-state index in [0.29, 0.717) is 23.3 Å². The van der Waals surface area contributed by atoms with Gasteiger partial charge >= 0.3 is 0 Å². The zero-order valence-electron chi connectivity index (χ0n) is 16.2. The van der Waals surface area contributed by atoms with Crippen LogP contribution in [0.25, 0.3) is 10.9 Å². The summed E-state index contributed by atoms with van der Waals surface area (Å²) >= 11 is 0. The molecule has 1 aromatic carbocycles. The van der Waals surface area contributed by atoms with Crippen LogP contribution < -0.4 is 22.2 Å². The number of amides is 1. The summed E-state index contributed by atoms with van der Waals surface area (Å²) in [5, 5.41) is 3.32. The highest BCUT2D eigenvalue weighted by atomic mass is 19.1. The van der Waals surface area contributed by atoms with Gasteiger partial charge in [0.05, 0.1) is 22.3 Å². The largest absolute Gasteiger partial charge is 0.396 e. The average Bonchev–Trinajstić information content (AvgIpc) is 3.02. The van der Waals surface area contributed by atoms with Crippen molar-refractivity contribution in [2.45, 2.75) is 44.7 Å². The molecule has 4 rings (SSSR count). The monoisotopic (exact) mass is 387 g/mol. The Labute approximate surface area is 162 Å². The molecule has 1 aromatic heterocycles. The van der Waals surface area contributed by atoms with Crippen molar-refractivity contribution in [1.82, 2.24) is 9.47 Å². The molecule has 7 nitrogen and oxygen atoms in total. The Balaban J connectivity index is 1.91. The van der Waals surface area contributed by atoms with E-state index in [2.05, 4.69) is 17.3 Å². The van der Waals surface area contributed by atoms with Crippen molar-refractivity contribution in [2.75, 3.05) is 31.2 Å². The lowest BCUT2D eigenvalue weighted by Crippen LogP contribution is -2.37. The molecule has 1 atom stereocenters. The summed E-state index contributed by atoms with van der Waals surface area (Å²) in [6.07, 6.45) is 3.18. The number of nitrogens with two attached hydrogens (primary N) is 2. The number of pyridine rings is 1. The van der Waals surface area contributed by atoms with Crippen molar-refractivity contribution >= 4 is 28.2 Å². The third-order valence-corrected chi connectivity index (χ3v) is 6.14. The number of halogens is 1. The van der Waals surface area contributed by atoms with Crippen LogP contribution in [0.2, 0.25) is 0 Å². The van der Waals surface area contributed by atoms with Crippen molar-refractivity contribution in [2.24, 2.45) is 5.73 Å². The van der Waals surface area contributed by atoms with Gasteiger partial charge in [0.1, 0.15) is 5.56 Å². The Morgan fingerprint density at radius 3 is 2.61 bits per heavy atom. The number of primary amides is 1. The maximum absolute atomic E-state index is 15.1. The van der Waals surface area contributed by atoms with Crippen molar-refractivity contribution in [1.29, 1.82) is 0 Å². The van der Waals surface area contributed by atoms with Gasteiger partial charge in [0, 0.05) is 17.8 Å². The second-order valence-corrected chi connectivity index (χ2v) is 8.04. The van der Waals surface area contributed by atoms with Gasteiger partial charge < -0.3 is 26.3 Å². The highest BCUT2D eigenvalue weighted by Crippen LogP contribution is 2.36. The molecule has 2 aromatic rings. The molecular formula is C20H26FN5O2. The second-order valence-electron chi connectivity index (χ2n) is 8.04. The van der Waals surface area contributed by atoms with E-state index in [1.165, 1.54) is 0 Å². The number of rotatable bonds is 3. The Bertz CT molecular complexity index is 1020. The molecule has 3 heterocycles. The fraction of sp³-hybridized carbons (Fsp3) is 0.500. The summed E-state index contributed by atoms with van der Waals surface area (Å²) in [5.41, 5.74) is 12.1.